The highest BCUT2D eigenvalue weighted by Gasteiger charge is 2.36. The summed E-state index contributed by atoms with van der Waals surface area (Å²) < 4.78 is 26.8. The Balaban J connectivity index is 1.90. The second kappa shape index (κ2) is 8.45. The lowest BCUT2D eigenvalue weighted by molar-refractivity contribution is 0.355. The summed E-state index contributed by atoms with van der Waals surface area (Å²) in [7, 11) is -4.03. The van der Waals surface area contributed by atoms with E-state index in [9.17, 15) is 13.7 Å². The molecule has 2 aromatic carbocycles. The van der Waals surface area contributed by atoms with Gasteiger partial charge in [-0.25, -0.2) is 18.4 Å². The van der Waals surface area contributed by atoms with E-state index < -0.39 is 15.1 Å². The lowest BCUT2D eigenvalue weighted by Gasteiger charge is -2.36. The summed E-state index contributed by atoms with van der Waals surface area (Å²) >= 11 is 5.92. The van der Waals surface area contributed by atoms with Gasteiger partial charge in [-0.1, -0.05) is 37.6 Å². The van der Waals surface area contributed by atoms with E-state index >= 15 is 0 Å². The monoisotopic (exact) mass is 454 g/mol. The largest absolute Gasteiger partial charge is 0.354 e. The van der Waals surface area contributed by atoms with Crippen molar-refractivity contribution < 1.29 is 8.42 Å². The molecule has 0 N–H and O–H groups in total. The fraction of sp³-hybridized carbons (Fsp3) is 0.348. The molecule has 1 aromatic heterocycles. The summed E-state index contributed by atoms with van der Waals surface area (Å²) in [6.45, 7) is 5.82. The Morgan fingerprint density at radius 2 is 1.61 bits per heavy atom. The molecule has 1 fully saturated rings. The molecular weight excluding hydrogens is 432 g/mol. The first kappa shape index (κ1) is 21.5. The minimum Gasteiger partial charge on any atom is -0.354 e. The molecule has 3 aromatic rings. The number of fused-ring (bicyclic) bond motifs is 1. The number of halogens is 1. The zero-order valence-corrected chi connectivity index (χ0v) is 18.9. The first-order valence-corrected chi connectivity index (χ1v) is 12.1. The van der Waals surface area contributed by atoms with Crippen LogP contribution in [-0.4, -0.2) is 31.5 Å². The summed E-state index contributed by atoms with van der Waals surface area (Å²) in [5, 5.41) is 8.94. The molecule has 0 bridgehead atoms. The van der Waals surface area contributed by atoms with E-state index in [1.54, 1.807) is 6.07 Å². The van der Waals surface area contributed by atoms with Gasteiger partial charge in [0.25, 0.3) is 0 Å². The van der Waals surface area contributed by atoms with E-state index in [1.165, 1.54) is 24.3 Å². The highest BCUT2D eigenvalue weighted by atomic mass is 35.5. The molecule has 2 heterocycles. The minimum absolute atomic E-state index is 0.0322. The molecule has 4 rings (SSSR count). The van der Waals surface area contributed by atoms with Crippen LogP contribution in [0.3, 0.4) is 0 Å². The van der Waals surface area contributed by atoms with Gasteiger partial charge >= 0.3 is 0 Å². The van der Waals surface area contributed by atoms with E-state index in [2.05, 4.69) is 23.7 Å². The maximum Gasteiger partial charge on any atom is 0.200 e. The zero-order chi connectivity index (χ0) is 22.2. The van der Waals surface area contributed by atoms with Crippen molar-refractivity contribution in [3.05, 3.63) is 59.2 Å². The number of aromatic nitrogens is 2. The molecule has 0 radical (unpaired) electrons. The quantitative estimate of drug-likeness (QED) is 0.562. The van der Waals surface area contributed by atoms with Crippen LogP contribution in [0.5, 0.6) is 0 Å². The van der Waals surface area contributed by atoms with Crippen molar-refractivity contribution in [2.24, 2.45) is 11.8 Å². The highest BCUT2D eigenvalue weighted by Crippen LogP contribution is 2.36. The van der Waals surface area contributed by atoms with E-state index in [0.29, 0.717) is 33.7 Å². The van der Waals surface area contributed by atoms with Gasteiger partial charge in [0.05, 0.1) is 22.0 Å². The molecule has 0 aliphatic carbocycles. The number of anilines is 1. The van der Waals surface area contributed by atoms with Crippen molar-refractivity contribution in [3.8, 4) is 6.07 Å². The fourth-order valence-electron chi connectivity index (χ4n) is 4.29. The normalized spacial score (nSPS) is 20.4. The van der Waals surface area contributed by atoms with Crippen molar-refractivity contribution in [2.45, 2.75) is 30.4 Å². The van der Waals surface area contributed by atoms with Crippen LogP contribution in [0.25, 0.3) is 11.0 Å². The number of nitriles is 1. The Kier molecular flexibility index (Phi) is 5.87. The molecule has 8 heteroatoms. The van der Waals surface area contributed by atoms with Crippen LogP contribution < -0.4 is 4.90 Å². The number of nitrogens with zero attached hydrogens (tertiary/aromatic N) is 4. The number of benzene rings is 2. The maximum absolute atomic E-state index is 13.4. The lowest BCUT2D eigenvalue weighted by Crippen LogP contribution is -2.40. The predicted octanol–water partition coefficient (Wildman–Crippen LogP) is 4.80. The van der Waals surface area contributed by atoms with E-state index in [0.717, 1.165) is 19.5 Å². The number of rotatable bonds is 4. The Morgan fingerprint density at radius 3 is 2.19 bits per heavy atom. The number of sulfone groups is 1. The molecule has 0 spiro atoms. The van der Waals surface area contributed by atoms with Gasteiger partial charge in [-0.05, 0) is 54.7 Å². The number of piperidine rings is 1. The summed E-state index contributed by atoms with van der Waals surface area (Å²) in [6, 6.07) is 15.1. The van der Waals surface area contributed by atoms with Crippen molar-refractivity contribution in [3.63, 3.8) is 0 Å². The van der Waals surface area contributed by atoms with Crippen LogP contribution in [0.2, 0.25) is 5.02 Å². The van der Waals surface area contributed by atoms with Gasteiger partial charge in [0, 0.05) is 18.1 Å². The van der Waals surface area contributed by atoms with Crippen molar-refractivity contribution in [2.75, 3.05) is 18.0 Å². The van der Waals surface area contributed by atoms with Crippen molar-refractivity contribution in [1.29, 1.82) is 5.26 Å². The van der Waals surface area contributed by atoms with E-state index in [-0.39, 0.29) is 10.6 Å². The van der Waals surface area contributed by atoms with Gasteiger partial charge in [-0.2, -0.15) is 5.26 Å². The Hall–Kier alpha value is -2.69. The Labute approximate surface area is 187 Å². The topological polar surface area (TPSA) is 86.9 Å². The smallest absolute Gasteiger partial charge is 0.200 e. The lowest BCUT2D eigenvalue weighted by atomic mass is 9.92. The summed E-state index contributed by atoms with van der Waals surface area (Å²) in [4.78, 5) is 11.5. The van der Waals surface area contributed by atoms with Gasteiger partial charge in [0.15, 0.2) is 11.1 Å². The second-order valence-electron chi connectivity index (χ2n) is 8.28. The third kappa shape index (κ3) is 4.23. The summed E-state index contributed by atoms with van der Waals surface area (Å²) in [5.74, 6) is 1.33. The van der Waals surface area contributed by atoms with E-state index in [4.69, 9.17) is 16.6 Å². The fourth-order valence-corrected chi connectivity index (χ4v) is 5.79. The van der Waals surface area contributed by atoms with Crippen LogP contribution in [0.4, 0.5) is 5.82 Å². The van der Waals surface area contributed by atoms with Crippen molar-refractivity contribution in [1.82, 2.24) is 9.97 Å². The van der Waals surface area contributed by atoms with Gasteiger partial charge < -0.3 is 4.90 Å². The molecule has 0 amide bonds. The van der Waals surface area contributed by atoms with E-state index in [1.807, 2.05) is 24.3 Å². The zero-order valence-electron chi connectivity index (χ0n) is 17.4. The minimum atomic E-state index is -4.03. The average molecular weight is 455 g/mol. The maximum atomic E-state index is 13.4. The van der Waals surface area contributed by atoms with Gasteiger partial charge in [0.1, 0.15) is 5.69 Å². The van der Waals surface area contributed by atoms with Crippen LogP contribution in [-0.2, 0) is 9.84 Å². The number of hydrogen-bond donors (Lipinski definition) is 0. The molecule has 0 unspecified atom stereocenters. The van der Waals surface area contributed by atoms with Crippen LogP contribution in [0, 0.1) is 23.2 Å². The summed E-state index contributed by atoms with van der Waals surface area (Å²) in [5.41, 5.74) is 1.41. The molecule has 0 saturated carbocycles. The Morgan fingerprint density at radius 1 is 1.03 bits per heavy atom. The SMILES string of the molecule is C[C@H]1C[C@H](C)CN(c2nc3ccccc3nc2[C@@H](C#N)S(=O)(=O)c2ccc(Cl)cc2)C1. The first-order valence-electron chi connectivity index (χ1n) is 10.2. The molecule has 6 nitrogen and oxygen atoms in total. The molecule has 3 atom stereocenters. The van der Waals surface area contributed by atoms with Crippen LogP contribution >= 0.6 is 11.6 Å². The second-order valence-corrected chi connectivity index (χ2v) is 10.7. The average Bonchev–Trinajstić information content (AvgIpc) is 2.73. The van der Waals surface area contributed by atoms with Gasteiger partial charge in [-0.3, -0.25) is 0 Å². The molecule has 31 heavy (non-hydrogen) atoms. The highest BCUT2D eigenvalue weighted by molar-refractivity contribution is 7.92. The third-order valence-corrected chi connectivity index (χ3v) is 7.70. The number of hydrogen-bond acceptors (Lipinski definition) is 6. The molecular formula is C23H23ClN4O2S. The van der Waals surface area contributed by atoms with Gasteiger partial charge in [-0.15, -0.1) is 0 Å². The molecule has 1 aliphatic rings. The summed E-state index contributed by atoms with van der Waals surface area (Å²) in [6.07, 6.45) is 1.09. The Bertz CT molecular complexity index is 1240. The number of para-hydroxylation sites is 2. The van der Waals surface area contributed by atoms with Crippen LogP contribution in [0.1, 0.15) is 31.2 Å². The first-order chi connectivity index (χ1) is 14.8. The molecule has 1 saturated heterocycles. The molecule has 160 valence electrons. The van der Waals surface area contributed by atoms with Crippen molar-refractivity contribution >= 4 is 38.3 Å². The third-order valence-electron chi connectivity index (χ3n) is 5.56. The standard InChI is InChI=1S/C23H23ClN4O2S/c1-15-11-16(2)14-28(13-15)23-22(26-19-5-3-4-6-20(19)27-23)21(12-25)31(29,30)18-9-7-17(24)8-10-18/h3-10,15-16,21H,11,13-14H2,1-2H3/t15-,16-,21+/m0/s1. The molecule has 1 aliphatic heterocycles. The predicted molar refractivity (Wildman–Crippen MR) is 122 cm³/mol. The van der Waals surface area contributed by atoms with Crippen LogP contribution in [0.15, 0.2) is 53.4 Å². The van der Waals surface area contributed by atoms with Gasteiger partial charge in [0.2, 0.25) is 9.84 Å².